The largest absolute Gasteiger partial charge is 0.492 e. The van der Waals surface area contributed by atoms with Crippen molar-refractivity contribution >= 4 is 41.5 Å². The molecule has 0 saturated carbocycles. The topological polar surface area (TPSA) is 87.6 Å². The van der Waals surface area contributed by atoms with E-state index in [-0.39, 0.29) is 29.9 Å². The normalized spacial score (nSPS) is 10.5. The third kappa shape index (κ3) is 9.23. The maximum absolute atomic E-state index is 11.1. The highest BCUT2D eigenvalue weighted by molar-refractivity contribution is 14.0. The summed E-state index contributed by atoms with van der Waals surface area (Å²) in [6.07, 6.45) is 1.76. The number of halogens is 1. The van der Waals surface area contributed by atoms with E-state index in [1.54, 1.807) is 12.3 Å². The number of amides is 1. The number of guanidine groups is 1. The third-order valence-electron chi connectivity index (χ3n) is 3.29. The summed E-state index contributed by atoms with van der Waals surface area (Å²) in [6.45, 7) is 5.84. The molecule has 1 aromatic heterocycles. The van der Waals surface area contributed by atoms with E-state index in [9.17, 15) is 4.79 Å². The zero-order chi connectivity index (χ0) is 18.6. The predicted octanol–water partition coefficient (Wildman–Crippen LogP) is 2.79. The van der Waals surface area contributed by atoms with E-state index in [4.69, 9.17) is 4.74 Å². The number of nitrogens with one attached hydrogen (secondary N) is 3. The van der Waals surface area contributed by atoms with E-state index < -0.39 is 0 Å². The number of hydrogen-bond donors (Lipinski definition) is 3. The van der Waals surface area contributed by atoms with Crippen LogP contribution in [-0.4, -0.2) is 36.5 Å². The molecule has 1 heterocycles. The van der Waals surface area contributed by atoms with Gasteiger partial charge in [0.05, 0.1) is 18.8 Å². The van der Waals surface area contributed by atoms with E-state index in [1.807, 2.05) is 43.3 Å². The molecule has 0 radical (unpaired) electrons. The lowest BCUT2D eigenvalue weighted by molar-refractivity contribution is -0.114. The predicted molar refractivity (Wildman–Crippen MR) is 119 cm³/mol. The van der Waals surface area contributed by atoms with Crippen molar-refractivity contribution in [2.24, 2.45) is 4.99 Å². The quantitative estimate of drug-likeness (QED) is 0.233. The Bertz CT molecular complexity index is 725. The van der Waals surface area contributed by atoms with Gasteiger partial charge >= 0.3 is 0 Å². The van der Waals surface area contributed by atoms with Crippen molar-refractivity contribution in [2.75, 3.05) is 25.0 Å². The standard InChI is InChI=1S/C19H25N5O2.HI/c1-3-20-19(23-14-17-7-4-5-10-21-17)22-11-12-26-18-9-6-8-16(13-18)24-15(2)25;/h4-10,13H,3,11-12,14H2,1-2H3,(H,24,25)(H2,20,22,23);1H. The van der Waals surface area contributed by atoms with Crippen molar-refractivity contribution in [3.63, 3.8) is 0 Å². The number of anilines is 1. The van der Waals surface area contributed by atoms with Crippen LogP contribution >= 0.6 is 24.0 Å². The summed E-state index contributed by atoms with van der Waals surface area (Å²) < 4.78 is 5.71. The molecule has 0 aliphatic carbocycles. The van der Waals surface area contributed by atoms with E-state index in [1.165, 1.54) is 6.92 Å². The number of carbonyl (C=O) groups is 1. The summed E-state index contributed by atoms with van der Waals surface area (Å²) in [5.74, 6) is 1.31. The fourth-order valence-corrected chi connectivity index (χ4v) is 2.20. The van der Waals surface area contributed by atoms with Gasteiger partial charge in [-0.25, -0.2) is 4.99 Å². The molecule has 3 N–H and O–H groups in total. The molecule has 0 aliphatic rings. The average molecular weight is 483 g/mol. The van der Waals surface area contributed by atoms with Gasteiger partial charge in [-0.15, -0.1) is 24.0 Å². The maximum Gasteiger partial charge on any atom is 0.221 e. The number of aliphatic imine (C=N–C) groups is 1. The fourth-order valence-electron chi connectivity index (χ4n) is 2.20. The Morgan fingerprint density at radius 2 is 2.04 bits per heavy atom. The van der Waals surface area contributed by atoms with Crippen LogP contribution in [0, 0.1) is 0 Å². The summed E-state index contributed by atoms with van der Waals surface area (Å²) in [5.41, 5.74) is 1.63. The highest BCUT2D eigenvalue weighted by Gasteiger charge is 2.00. The molecule has 0 unspecified atom stereocenters. The molecule has 0 bridgehead atoms. The van der Waals surface area contributed by atoms with Gasteiger partial charge in [0.15, 0.2) is 5.96 Å². The third-order valence-corrected chi connectivity index (χ3v) is 3.29. The van der Waals surface area contributed by atoms with Crippen molar-refractivity contribution < 1.29 is 9.53 Å². The summed E-state index contributed by atoms with van der Waals surface area (Å²) in [5, 5.41) is 9.15. The number of rotatable bonds is 8. The van der Waals surface area contributed by atoms with Crippen LogP contribution in [0.3, 0.4) is 0 Å². The summed E-state index contributed by atoms with van der Waals surface area (Å²) in [6, 6.07) is 13.1. The van der Waals surface area contributed by atoms with E-state index in [2.05, 4.69) is 25.9 Å². The number of aromatic nitrogens is 1. The summed E-state index contributed by atoms with van der Waals surface area (Å²) in [7, 11) is 0. The molecule has 1 amide bonds. The van der Waals surface area contributed by atoms with E-state index in [0.717, 1.165) is 12.2 Å². The lowest BCUT2D eigenvalue weighted by Gasteiger charge is -2.12. The molecule has 2 aromatic rings. The summed E-state index contributed by atoms with van der Waals surface area (Å²) in [4.78, 5) is 19.9. The monoisotopic (exact) mass is 483 g/mol. The van der Waals surface area contributed by atoms with E-state index >= 15 is 0 Å². The highest BCUT2D eigenvalue weighted by Crippen LogP contribution is 2.16. The van der Waals surface area contributed by atoms with Crippen LogP contribution in [0.2, 0.25) is 0 Å². The van der Waals surface area contributed by atoms with Crippen LogP contribution in [0.5, 0.6) is 5.75 Å². The van der Waals surface area contributed by atoms with Crippen LogP contribution in [0.15, 0.2) is 53.7 Å². The van der Waals surface area contributed by atoms with Crippen molar-refractivity contribution in [3.8, 4) is 5.75 Å². The Morgan fingerprint density at radius 1 is 1.19 bits per heavy atom. The fraction of sp³-hybridized carbons (Fsp3) is 0.316. The summed E-state index contributed by atoms with van der Waals surface area (Å²) >= 11 is 0. The minimum Gasteiger partial charge on any atom is -0.492 e. The molecular formula is C19H26IN5O2. The second-order valence-electron chi connectivity index (χ2n) is 5.50. The van der Waals surface area contributed by atoms with Crippen molar-refractivity contribution in [1.82, 2.24) is 15.6 Å². The molecule has 8 heteroatoms. The molecule has 0 aliphatic heterocycles. The number of carbonyl (C=O) groups excluding carboxylic acids is 1. The first-order valence-corrected chi connectivity index (χ1v) is 8.60. The molecular weight excluding hydrogens is 457 g/mol. The zero-order valence-electron chi connectivity index (χ0n) is 15.6. The number of nitrogens with zero attached hydrogens (tertiary/aromatic N) is 2. The second kappa shape index (κ2) is 12.9. The second-order valence-corrected chi connectivity index (χ2v) is 5.50. The van der Waals surface area contributed by atoms with Gasteiger partial charge in [0.25, 0.3) is 0 Å². The van der Waals surface area contributed by atoms with Crippen LogP contribution in [0.1, 0.15) is 19.5 Å². The lowest BCUT2D eigenvalue weighted by atomic mass is 10.3. The van der Waals surface area contributed by atoms with Crippen LogP contribution in [0.4, 0.5) is 5.69 Å². The molecule has 0 atom stereocenters. The zero-order valence-corrected chi connectivity index (χ0v) is 17.9. The van der Waals surface area contributed by atoms with Crippen molar-refractivity contribution in [3.05, 3.63) is 54.4 Å². The molecule has 0 spiro atoms. The van der Waals surface area contributed by atoms with Crippen LogP contribution < -0.4 is 20.7 Å². The maximum atomic E-state index is 11.1. The number of benzene rings is 1. The van der Waals surface area contributed by atoms with Gasteiger partial charge in [-0.3, -0.25) is 9.78 Å². The van der Waals surface area contributed by atoms with Gasteiger partial charge in [0, 0.05) is 31.4 Å². The minimum absolute atomic E-state index is 0. The first kappa shape index (κ1) is 22.7. The van der Waals surface area contributed by atoms with Gasteiger partial charge < -0.3 is 20.7 Å². The van der Waals surface area contributed by atoms with Gasteiger partial charge in [0.1, 0.15) is 12.4 Å². The minimum atomic E-state index is -0.108. The molecule has 7 nitrogen and oxygen atoms in total. The van der Waals surface area contributed by atoms with E-state index in [0.29, 0.717) is 37.1 Å². The smallest absolute Gasteiger partial charge is 0.221 e. The van der Waals surface area contributed by atoms with Gasteiger partial charge in [-0.05, 0) is 31.2 Å². The Labute approximate surface area is 177 Å². The molecule has 27 heavy (non-hydrogen) atoms. The van der Waals surface area contributed by atoms with Crippen LogP contribution in [-0.2, 0) is 11.3 Å². The van der Waals surface area contributed by atoms with Gasteiger partial charge in [-0.1, -0.05) is 12.1 Å². The lowest BCUT2D eigenvalue weighted by Crippen LogP contribution is -2.39. The molecule has 146 valence electrons. The molecule has 0 fully saturated rings. The highest BCUT2D eigenvalue weighted by atomic mass is 127. The molecule has 0 saturated heterocycles. The first-order valence-electron chi connectivity index (χ1n) is 8.60. The molecule has 2 rings (SSSR count). The van der Waals surface area contributed by atoms with Crippen molar-refractivity contribution in [1.29, 1.82) is 0 Å². The Kier molecular flexibility index (Phi) is 10.8. The van der Waals surface area contributed by atoms with Crippen molar-refractivity contribution in [2.45, 2.75) is 20.4 Å². The first-order chi connectivity index (χ1) is 12.7. The number of hydrogen-bond acceptors (Lipinski definition) is 4. The number of ether oxygens (including phenoxy) is 1. The van der Waals surface area contributed by atoms with Gasteiger partial charge in [-0.2, -0.15) is 0 Å². The van der Waals surface area contributed by atoms with Crippen LogP contribution in [0.25, 0.3) is 0 Å². The molecule has 1 aromatic carbocycles. The van der Waals surface area contributed by atoms with Gasteiger partial charge in [0.2, 0.25) is 5.91 Å². The SMILES string of the molecule is CCNC(=NCc1ccccn1)NCCOc1cccc(NC(C)=O)c1.I. The Morgan fingerprint density at radius 3 is 2.74 bits per heavy atom. The average Bonchev–Trinajstić information content (AvgIpc) is 2.64. The Hall–Kier alpha value is -2.36. The Balaban J connectivity index is 0.00000364. The number of pyridine rings is 1.